The topological polar surface area (TPSA) is 62.5 Å². The van der Waals surface area contributed by atoms with Gasteiger partial charge in [-0.15, -0.1) is 0 Å². The summed E-state index contributed by atoms with van der Waals surface area (Å²) >= 11 is 0.447. The number of amides is 1. The Hall–Kier alpha value is -1.08. The van der Waals surface area contributed by atoms with Gasteiger partial charge >= 0.3 is 0 Å². The number of alkyl halides is 2. The molecule has 0 saturated carbocycles. The monoisotopic (exact) mass is 307 g/mol. The summed E-state index contributed by atoms with van der Waals surface area (Å²) in [5.41, 5.74) is -0.217. The molecule has 0 saturated heterocycles. The highest BCUT2D eigenvalue weighted by atomic mass is 32.2. The molecule has 0 fully saturated rings. The molecule has 0 aliphatic rings. The van der Waals surface area contributed by atoms with E-state index >= 15 is 0 Å². The maximum Gasteiger partial charge on any atom is 0.287 e. The first-order valence-corrected chi connectivity index (χ1v) is 7.26. The number of halogens is 2. The third-order valence-electron chi connectivity index (χ3n) is 2.75. The van der Waals surface area contributed by atoms with Crippen LogP contribution in [-0.2, 0) is 5.75 Å². The average Bonchev–Trinajstić information content (AvgIpc) is 2.82. The molecule has 2 N–H and O–H groups in total. The molecule has 7 heteroatoms. The number of nitrogens with one attached hydrogen (secondary N) is 1. The third-order valence-corrected chi connectivity index (χ3v) is 3.46. The zero-order valence-electron chi connectivity index (χ0n) is 11.5. The molecule has 0 aliphatic carbocycles. The summed E-state index contributed by atoms with van der Waals surface area (Å²) < 4.78 is 29.3. The second kappa shape index (κ2) is 7.64. The number of carbonyl (C=O) groups is 1. The second-order valence-corrected chi connectivity index (χ2v) is 6.14. The number of hydrogen-bond acceptors (Lipinski definition) is 4. The first-order valence-electron chi connectivity index (χ1n) is 6.21. The molecule has 0 unspecified atom stereocenters. The van der Waals surface area contributed by atoms with Crippen molar-refractivity contribution in [3.8, 4) is 0 Å². The van der Waals surface area contributed by atoms with Gasteiger partial charge in [0, 0.05) is 13.2 Å². The molecule has 1 aromatic heterocycles. The molecule has 4 nitrogen and oxygen atoms in total. The Kier molecular flexibility index (Phi) is 6.48. The van der Waals surface area contributed by atoms with Crippen molar-refractivity contribution in [2.45, 2.75) is 31.8 Å². The molecule has 0 aliphatic heterocycles. The molecule has 0 aromatic carbocycles. The summed E-state index contributed by atoms with van der Waals surface area (Å²) in [6.07, 6.45) is 0.571. The number of hydrogen-bond donors (Lipinski definition) is 2. The summed E-state index contributed by atoms with van der Waals surface area (Å²) in [7, 11) is 0. The van der Waals surface area contributed by atoms with Gasteiger partial charge in [-0.1, -0.05) is 25.6 Å². The van der Waals surface area contributed by atoms with Crippen molar-refractivity contribution in [1.82, 2.24) is 5.32 Å². The first-order chi connectivity index (χ1) is 9.34. The van der Waals surface area contributed by atoms with Gasteiger partial charge < -0.3 is 14.8 Å². The van der Waals surface area contributed by atoms with Crippen LogP contribution in [0.25, 0.3) is 0 Å². The zero-order valence-corrected chi connectivity index (χ0v) is 12.3. The minimum atomic E-state index is -2.46. The lowest BCUT2D eigenvalue weighted by atomic mass is 9.90. The molecule has 1 heterocycles. The highest BCUT2D eigenvalue weighted by molar-refractivity contribution is 7.98. The third kappa shape index (κ3) is 5.92. The van der Waals surface area contributed by atoms with Crippen molar-refractivity contribution in [3.63, 3.8) is 0 Å². The van der Waals surface area contributed by atoms with Gasteiger partial charge in [-0.3, -0.25) is 4.79 Å². The van der Waals surface area contributed by atoms with Gasteiger partial charge in [-0.05, 0) is 24.0 Å². The van der Waals surface area contributed by atoms with E-state index < -0.39 is 5.76 Å². The van der Waals surface area contributed by atoms with Crippen LogP contribution in [0.4, 0.5) is 8.78 Å². The van der Waals surface area contributed by atoms with Gasteiger partial charge in [0.2, 0.25) is 0 Å². The Morgan fingerprint density at radius 1 is 1.50 bits per heavy atom. The number of aliphatic hydroxyl groups is 1. The van der Waals surface area contributed by atoms with E-state index in [4.69, 9.17) is 9.52 Å². The lowest BCUT2D eigenvalue weighted by molar-refractivity contribution is 0.0899. The largest absolute Gasteiger partial charge is 0.455 e. The van der Waals surface area contributed by atoms with Crippen LogP contribution in [0.5, 0.6) is 0 Å². The number of aliphatic hydroxyl groups excluding tert-OH is 1. The van der Waals surface area contributed by atoms with Crippen LogP contribution in [0.15, 0.2) is 16.5 Å². The Bertz CT molecular complexity index is 435. The van der Waals surface area contributed by atoms with E-state index in [0.717, 1.165) is 0 Å². The zero-order chi connectivity index (χ0) is 15.2. The summed E-state index contributed by atoms with van der Waals surface area (Å²) in [5.74, 6) is -2.37. The fourth-order valence-electron chi connectivity index (χ4n) is 1.52. The second-order valence-electron chi connectivity index (χ2n) is 5.16. The van der Waals surface area contributed by atoms with E-state index in [9.17, 15) is 13.6 Å². The fraction of sp³-hybridized carbons (Fsp3) is 0.615. The molecule has 1 aromatic rings. The standard InChI is InChI=1S/C13H19F2NO3S/c1-13(2,5-6-17)8-16-11(18)10-4-3-9(19-10)7-20-12(14)15/h3-4,12,17H,5-8H2,1-2H3,(H,16,18). The summed E-state index contributed by atoms with van der Waals surface area (Å²) in [4.78, 5) is 11.8. The molecule has 1 rings (SSSR count). The van der Waals surface area contributed by atoms with Crippen LogP contribution >= 0.6 is 11.8 Å². The lowest BCUT2D eigenvalue weighted by Crippen LogP contribution is -2.34. The molecule has 1 amide bonds. The molecule has 0 radical (unpaired) electrons. The number of furan rings is 1. The maximum atomic E-state index is 12.0. The average molecular weight is 307 g/mol. The van der Waals surface area contributed by atoms with Crippen LogP contribution < -0.4 is 5.32 Å². The van der Waals surface area contributed by atoms with Gasteiger partial charge in [0.25, 0.3) is 11.7 Å². The van der Waals surface area contributed by atoms with E-state index in [1.165, 1.54) is 12.1 Å². The molecular weight excluding hydrogens is 288 g/mol. The molecule has 114 valence electrons. The van der Waals surface area contributed by atoms with Crippen molar-refractivity contribution in [2.75, 3.05) is 13.2 Å². The maximum absolute atomic E-state index is 12.0. The van der Waals surface area contributed by atoms with E-state index in [1.54, 1.807) is 0 Å². The van der Waals surface area contributed by atoms with Gasteiger partial charge in [0.05, 0.1) is 5.75 Å². The molecule has 0 spiro atoms. The Morgan fingerprint density at radius 2 is 2.20 bits per heavy atom. The Labute approximate surface area is 120 Å². The summed E-state index contributed by atoms with van der Waals surface area (Å²) in [6, 6.07) is 2.99. The minimum Gasteiger partial charge on any atom is -0.455 e. The Morgan fingerprint density at radius 3 is 2.80 bits per heavy atom. The molecule has 20 heavy (non-hydrogen) atoms. The van der Waals surface area contributed by atoms with Crippen LogP contribution in [0.2, 0.25) is 0 Å². The number of carbonyl (C=O) groups excluding carboxylic acids is 1. The summed E-state index contributed by atoms with van der Waals surface area (Å²) in [6.45, 7) is 4.31. The van der Waals surface area contributed by atoms with Crippen molar-refractivity contribution in [3.05, 3.63) is 23.7 Å². The first kappa shape index (κ1) is 17.0. The predicted octanol–water partition coefficient (Wildman–Crippen LogP) is 2.87. The van der Waals surface area contributed by atoms with Crippen LogP contribution in [-0.4, -0.2) is 29.9 Å². The van der Waals surface area contributed by atoms with E-state index in [1.807, 2.05) is 13.8 Å². The minimum absolute atomic E-state index is 0.0287. The Balaban J connectivity index is 2.48. The van der Waals surface area contributed by atoms with Gasteiger partial charge in [0.1, 0.15) is 5.76 Å². The van der Waals surface area contributed by atoms with Crippen molar-refractivity contribution >= 4 is 17.7 Å². The quantitative estimate of drug-likeness (QED) is 0.775. The van der Waals surface area contributed by atoms with E-state index in [-0.39, 0.29) is 29.4 Å². The van der Waals surface area contributed by atoms with Crippen molar-refractivity contribution in [1.29, 1.82) is 0 Å². The molecular formula is C13H19F2NO3S. The number of rotatable bonds is 8. The highest BCUT2D eigenvalue weighted by Gasteiger charge is 2.20. The van der Waals surface area contributed by atoms with Crippen molar-refractivity contribution in [2.24, 2.45) is 5.41 Å². The van der Waals surface area contributed by atoms with Crippen LogP contribution in [0, 0.1) is 5.41 Å². The van der Waals surface area contributed by atoms with Crippen LogP contribution in [0.1, 0.15) is 36.6 Å². The fourth-order valence-corrected chi connectivity index (χ4v) is 1.97. The van der Waals surface area contributed by atoms with Crippen molar-refractivity contribution < 1.29 is 23.1 Å². The van der Waals surface area contributed by atoms with Crippen LogP contribution in [0.3, 0.4) is 0 Å². The molecule has 0 atom stereocenters. The van der Waals surface area contributed by atoms with E-state index in [2.05, 4.69) is 5.32 Å². The predicted molar refractivity (Wildman–Crippen MR) is 73.8 cm³/mol. The van der Waals surface area contributed by atoms with Gasteiger partial charge in [-0.2, -0.15) is 8.78 Å². The normalized spacial score (nSPS) is 11.9. The van der Waals surface area contributed by atoms with Gasteiger partial charge in [0.15, 0.2) is 5.76 Å². The molecule has 0 bridgehead atoms. The number of thioether (sulfide) groups is 1. The highest BCUT2D eigenvalue weighted by Crippen LogP contribution is 2.22. The lowest BCUT2D eigenvalue weighted by Gasteiger charge is -2.23. The SMILES string of the molecule is CC(C)(CCO)CNC(=O)c1ccc(CSC(F)F)o1. The van der Waals surface area contributed by atoms with E-state index in [0.29, 0.717) is 30.5 Å². The summed E-state index contributed by atoms with van der Waals surface area (Å²) in [5, 5.41) is 11.6. The van der Waals surface area contributed by atoms with Gasteiger partial charge in [-0.25, -0.2) is 0 Å². The smallest absolute Gasteiger partial charge is 0.287 e.